The molecule has 3 fully saturated rings. The van der Waals surface area contributed by atoms with Gasteiger partial charge in [0.05, 0.1) is 12.2 Å². The third-order valence-corrected chi connectivity index (χ3v) is 10.5. The largest absolute Gasteiger partial charge is 0.392 e. The minimum Gasteiger partial charge on any atom is -0.392 e. The summed E-state index contributed by atoms with van der Waals surface area (Å²) >= 11 is 0. The molecule has 1 heterocycles. The molecule has 0 aliphatic heterocycles. The van der Waals surface area contributed by atoms with E-state index in [-0.39, 0.29) is 49.1 Å². The quantitative estimate of drug-likeness (QED) is 0.259. The zero-order valence-electron chi connectivity index (χ0n) is 25.5. The van der Waals surface area contributed by atoms with Crippen molar-refractivity contribution in [3.8, 4) is 11.3 Å². The molecule has 1 aromatic heterocycles. The van der Waals surface area contributed by atoms with Crippen molar-refractivity contribution in [2.75, 3.05) is 0 Å². The molecule has 4 heteroatoms. The molecule has 2 N–H and O–H groups in total. The van der Waals surface area contributed by atoms with E-state index in [2.05, 4.69) is 69.1 Å². The fraction of sp³-hybridized carbons (Fsp3) is 0.595. The van der Waals surface area contributed by atoms with Crippen molar-refractivity contribution in [2.45, 2.75) is 116 Å². The van der Waals surface area contributed by atoms with Crippen molar-refractivity contribution >= 4 is 10.8 Å². The van der Waals surface area contributed by atoms with Gasteiger partial charge in [0.1, 0.15) is 0 Å². The van der Waals surface area contributed by atoms with Gasteiger partial charge in [-0.2, -0.15) is 0 Å². The summed E-state index contributed by atoms with van der Waals surface area (Å²) in [4.78, 5) is 4.63. The Balaban J connectivity index is 0.000000188. The summed E-state index contributed by atoms with van der Waals surface area (Å²) in [6.45, 7) is 8.63. The fourth-order valence-corrected chi connectivity index (χ4v) is 7.74. The van der Waals surface area contributed by atoms with Crippen LogP contribution in [-0.4, -0.2) is 27.4 Å². The van der Waals surface area contributed by atoms with Gasteiger partial charge in [-0.1, -0.05) is 78.0 Å². The minimum atomic E-state index is -0.364. The maximum atomic E-state index is 10.8. The number of aliphatic hydroxyl groups is 2. The first kappa shape index (κ1) is 32.3. The van der Waals surface area contributed by atoms with E-state index >= 15 is 0 Å². The molecule has 41 heavy (non-hydrogen) atoms. The van der Waals surface area contributed by atoms with E-state index in [9.17, 15) is 10.2 Å². The van der Waals surface area contributed by atoms with Crippen LogP contribution in [0, 0.1) is 28.7 Å². The monoisotopic (exact) mass is 733 g/mol. The van der Waals surface area contributed by atoms with Crippen LogP contribution < -0.4 is 0 Å². The molecule has 225 valence electrons. The van der Waals surface area contributed by atoms with Crippen LogP contribution in [0.3, 0.4) is 0 Å². The molecule has 1 radical (unpaired) electrons. The summed E-state index contributed by atoms with van der Waals surface area (Å²) in [6, 6.07) is 20.4. The molecule has 0 saturated heterocycles. The van der Waals surface area contributed by atoms with Gasteiger partial charge in [0.2, 0.25) is 0 Å². The van der Waals surface area contributed by atoms with Gasteiger partial charge in [0, 0.05) is 32.2 Å². The zero-order valence-corrected chi connectivity index (χ0v) is 27.9. The van der Waals surface area contributed by atoms with Crippen molar-refractivity contribution in [3.05, 3.63) is 66.4 Å². The number of nitrogens with zero attached hydrogens (tertiary/aromatic N) is 1. The molecule has 3 aliphatic rings. The second-order valence-electron chi connectivity index (χ2n) is 14.3. The molecular formula is C37H50IrNO2-. The second kappa shape index (κ2) is 13.8. The fourth-order valence-electron chi connectivity index (χ4n) is 7.74. The summed E-state index contributed by atoms with van der Waals surface area (Å²) in [5.74, 6) is 1.33. The molecule has 2 unspecified atom stereocenters. The molecule has 3 aliphatic carbocycles. The summed E-state index contributed by atoms with van der Waals surface area (Å²) in [6.07, 6.45) is 15.0. The first-order valence-corrected chi connectivity index (χ1v) is 15.9. The maximum Gasteiger partial charge on any atom is 0.0646 e. The van der Waals surface area contributed by atoms with Crippen LogP contribution in [0.2, 0.25) is 0 Å². The molecular weight excluding hydrogens is 683 g/mol. The van der Waals surface area contributed by atoms with Gasteiger partial charge < -0.3 is 15.2 Å². The maximum absolute atomic E-state index is 10.8. The van der Waals surface area contributed by atoms with E-state index in [4.69, 9.17) is 0 Å². The van der Waals surface area contributed by atoms with Crippen molar-refractivity contribution in [1.29, 1.82) is 0 Å². The number of pyridine rings is 1. The second-order valence-corrected chi connectivity index (χ2v) is 14.3. The Hall–Kier alpha value is -1.58. The number of fused-ring (bicyclic) bond motifs is 2. The summed E-state index contributed by atoms with van der Waals surface area (Å²) in [7, 11) is 0. The molecule has 0 bridgehead atoms. The van der Waals surface area contributed by atoms with Gasteiger partial charge in [0.25, 0.3) is 0 Å². The number of benzene rings is 2. The van der Waals surface area contributed by atoms with E-state index in [0.717, 1.165) is 30.0 Å². The average Bonchev–Trinajstić information content (AvgIpc) is 3.15. The predicted molar refractivity (Wildman–Crippen MR) is 166 cm³/mol. The first-order valence-electron chi connectivity index (χ1n) is 15.9. The van der Waals surface area contributed by atoms with Gasteiger partial charge in [-0.25, -0.2) is 0 Å². The average molecular weight is 733 g/mol. The molecule has 3 nitrogen and oxygen atoms in total. The Morgan fingerprint density at radius 1 is 0.756 bits per heavy atom. The summed E-state index contributed by atoms with van der Waals surface area (Å²) in [5.41, 5.74) is 3.44. The zero-order chi connectivity index (χ0) is 28.3. The summed E-state index contributed by atoms with van der Waals surface area (Å²) in [5, 5.41) is 24.1. The van der Waals surface area contributed by atoms with E-state index < -0.39 is 0 Å². The third kappa shape index (κ3) is 7.50. The number of aromatic nitrogens is 1. The molecule has 0 spiro atoms. The molecule has 3 saturated carbocycles. The van der Waals surface area contributed by atoms with E-state index in [1.54, 1.807) is 0 Å². The molecule has 2 aromatic carbocycles. The van der Waals surface area contributed by atoms with Gasteiger partial charge in [-0.05, 0) is 89.3 Å². The van der Waals surface area contributed by atoms with E-state index in [0.29, 0.717) is 5.92 Å². The van der Waals surface area contributed by atoms with Crippen LogP contribution in [0.25, 0.3) is 22.0 Å². The Morgan fingerprint density at radius 2 is 1.41 bits per heavy atom. The normalized spacial score (nSPS) is 27.8. The number of rotatable bonds is 2. The Labute approximate surface area is 261 Å². The molecule has 0 amide bonds. The van der Waals surface area contributed by atoms with Crippen LogP contribution in [0.5, 0.6) is 0 Å². The van der Waals surface area contributed by atoms with Gasteiger partial charge >= 0.3 is 0 Å². The standard InChI is InChI=1S/C21H20N.C16H30O2.Ir/c1-3-7-16(8-4-1)18-11-12-19-14-21(22-15-20(19)13-18)17-9-5-2-6-10-17;1-15(2)9-5-7-11-8-6-10-16(3,4)14(18)12(11)13(15)17;/h2,5-6,9,11-16H,1,3-4,7-8H2;11-14,17-18H,5-10H2,1-4H3;/q-1;;. The van der Waals surface area contributed by atoms with Crippen molar-refractivity contribution < 1.29 is 30.3 Å². The number of hydrogen-bond acceptors (Lipinski definition) is 3. The topological polar surface area (TPSA) is 53.4 Å². The third-order valence-electron chi connectivity index (χ3n) is 10.5. The molecule has 2 atom stereocenters. The Morgan fingerprint density at radius 3 is 2.02 bits per heavy atom. The SMILES string of the molecule is CC1(C)CCCC2CCCC(C)(C)C(O)C2C1O.[Ir].[c-]1ccccc1-c1cc2ccc(C3CCCCC3)cc2cn1. The molecule has 6 rings (SSSR count). The van der Waals surface area contributed by atoms with Crippen molar-refractivity contribution in [3.63, 3.8) is 0 Å². The minimum absolute atomic E-state index is 0. The van der Waals surface area contributed by atoms with Gasteiger partial charge in [-0.3, -0.25) is 0 Å². The van der Waals surface area contributed by atoms with Crippen LogP contribution >= 0.6 is 0 Å². The van der Waals surface area contributed by atoms with E-state index in [1.807, 2.05) is 24.4 Å². The van der Waals surface area contributed by atoms with Crippen LogP contribution in [0.1, 0.15) is 110 Å². The Bertz CT molecular complexity index is 1220. The van der Waals surface area contributed by atoms with Crippen LogP contribution in [-0.2, 0) is 20.1 Å². The predicted octanol–water partition coefficient (Wildman–Crippen LogP) is 9.11. The smallest absolute Gasteiger partial charge is 0.0646 e. The number of hydrogen-bond donors (Lipinski definition) is 2. The first-order chi connectivity index (χ1) is 19.2. The Kier molecular flexibility index (Phi) is 10.9. The van der Waals surface area contributed by atoms with Gasteiger partial charge in [-0.15, -0.1) is 35.9 Å². The number of aliphatic hydroxyl groups excluding tert-OH is 2. The van der Waals surface area contributed by atoms with Gasteiger partial charge in [0.15, 0.2) is 0 Å². The van der Waals surface area contributed by atoms with Crippen molar-refractivity contribution in [1.82, 2.24) is 4.98 Å². The van der Waals surface area contributed by atoms with E-state index in [1.165, 1.54) is 74.1 Å². The molecule has 3 aromatic rings. The van der Waals surface area contributed by atoms with Crippen LogP contribution in [0.15, 0.2) is 54.7 Å². The summed E-state index contributed by atoms with van der Waals surface area (Å²) < 4.78 is 0. The van der Waals surface area contributed by atoms with Crippen molar-refractivity contribution in [2.24, 2.45) is 22.7 Å². The van der Waals surface area contributed by atoms with Crippen LogP contribution in [0.4, 0.5) is 0 Å².